The number of nitrogens with one attached hydrogen (secondary N) is 1. The first-order valence-electron chi connectivity index (χ1n) is 9.30. The van der Waals surface area contributed by atoms with Gasteiger partial charge in [0, 0.05) is 17.7 Å². The van der Waals surface area contributed by atoms with Gasteiger partial charge in [-0.25, -0.2) is 8.78 Å². The zero-order valence-corrected chi connectivity index (χ0v) is 17.1. The molecule has 3 N–H and O–H groups in total. The Hall–Kier alpha value is -2.96. The van der Waals surface area contributed by atoms with Crippen LogP contribution in [0, 0.1) is 11.6 Å². The summed E-state index contributed by atoms with van der Waals surface area (Å²) in [5, 5.41) is 3.23. The van der Waals surface area contributed by atoms with E-state index in [1.54, 1.807) is 42.5 Å². The second-order valence-electron chi connectivity index (χ2n) is 6.56. The summed E-state index contributed by atoms with van der Waals surface area (Å²) in [4.78, 5) is 11.2. The van der Waals surface area contributed by atoms with Crippen LogP contribution in [0.25, 0.3) is 11.1 Å². The number of benzene rings is 3. The van der Waals surface area contributed by atoms with Crippen molar-refractivity contribution in [3.05, 3.63) is 89.5 Å². The summed E-state index contributed by atoms with van der Waals surface area (Å²) < 4.78 is 33.0. The number of rotatable bonds is 9. The van der Waals surface area contributed by atoms with Crippen LogP contribution in [0.15, 0.2) is 66.7 Å². The van der Waals surface area contributed by atoms with Crippen LogP contribution in [0.3, 0.4) is 0 Å². The molecule has 3 rings (SSSR count). The predicted molar refractivity (Wildman–Crippen MR) is 116 cm³/mol. The highest BCUT2D eigenvalue weighted by atomic mass is 35.5. The molecule has 0 aromatic heterocycles. The molecule has 0 spiro atoms. The number of carbonyl (C=O) groups is 1. The predicted octanol–water partition coefficient (Wildman–Crippen LogP) is 4.36. The molecule has 1 amide bonds. The molecule has 0 radical (unpaired) electrons. The zero-order chi connectivity index (χ0) is 20.6. The Bertz CT molecular complexity index is 981. The van der Waals surface area contributed by atoms with Crippen molar-refractivity contribution in [2.45, 2.75) is 6.42 Å². The molecular formula is C23H23ClF2N2O2. The van der Waals surface area contributed by atoms with Crippen LogP contribution in [0.1, 0.15) is 15.9 Å². The van der Waals surface area contributed by atoms with E-state index in [2.05, 4.69) is 5.32 Å². The minimum Gasteiger partial charge on any atom is -0.492 e. The fourth-order valence-corrected chi connectivity index (χ4v) is 2.92. The quantitative estimate of drug-likeness (QED) is 0.494. The van der Waals surface area contributed by atoms with Gasteiger partial charge in [0.1, 0.15) is 24.0 Å². The van der Waals surface area contributed by atoms with Gasteiger partial charge < -0.3 is 15.8 Å². The molecule has 0 aliphatic heterocycles. The lowest BCUT2D eigenvalue weighted by Gasteiger charge is -2.10. The summed E-state index contributed by atoms with van der Waals surface area (Å²) in [5.74, 6) is -0.592. The van der Waals surface area contributed by atoms with Crippen molar-refractivity contribution in [1.82, 2.24) is 5.32 Å². The molecule has 3 aromatic carbocycles. The first-order valence-corrected chi connectivity index (χ1v) is 9.30. The Morgan fingerprint density at radius 2 is 1.73 bits per heavy atom. The van der Waals surface area contributed by atoms with Gasteiger partial charge in [0.2, 0.25) is 5.91 Å². The number of primary amides is 1. The standard InChI is InChI=1S/C23H22F2N2O2.ClH/c24-19-3-1-2-16(14-19)10-11-27-12-13-29-20-8-9-22(25)21(15-20)17-4-6-18(7-5-17)23(26)28;/h1-9,14-15,27H,10-13H2,(H2,26,28);1H. The van der Waals surface area contributed by atoms with Crippen LogP contribution in [0.2, 0.25) is 0 Å². The number of ether oxygens (including phenoxy) is 1. The number of hydrogen-bond acceptors (Lipinski definition) is 3. The number of nitrogens with two attached hydrogens (primary N) is 1. The minimum atomic E-state index is -0.529. The largest absolute Gasteiger partial charge is 0.492 e. The molecule has 7 heteroatoms. The molecule has 0 saturated heterocycles. The van der Waals surface area contributed by atoms with Crippen LogP contribution in [-0.4, -0.2) is 25.6 Å². The maximum absolute atomic E-state index is 14.2. The number of halogens is 3. The Morgan fingerprint density at radius 1 is 0.967 bits per heavy atom. The average molecular weight is 433 g/mol. The van der Waals surface area contributed by atoms with Crippen molar-refractivity contribution < 1.29 is 18.3 Å². The summed E-state index contributed by atoms with van der Waals surface area (Å²) in [6.45, 7) is 1.72. The first-order chi connectivity index (χ1) is 14.0. The third kappa shape index (κ3) is 6.54. The SMILES string of the molecule is Cl.NC(=O)c1ccc(-c2cc(OCCNCCc3cccc(F)c3)ccc2F)cc1. The lowest BCUT2D eigenvalue weighted by atomic mass is 10.0. The van der Waals surface area contributed by atoms with Crippen LogP contribution in [0.4, 0.5) is 8.78 Å². The number of carbonyl (C=O) groups excluding carboxylic acids is 1. The van der Waals surface area contributed by atoms with Gasteiger partial charge in [-0.05, 0) is 66.6 Å². The molecule has 158 valence electrons. The highest BCUT2D eigenvalue weighted by Gasteiger charge is 2.08. The van der Waals surface area contributed by atoms with Crippen LogP contribution >= 0.6 is 12.4 Å². The Labute approximate surface area is 180 Å². The van der Waals surface area contributed by atoms with Gasteiger partial charge in [0.25, 0.3) is 0 Å². The molecular weight excluding hydrogens is 410 g/mol. The summed E-state index contributed by atoms with van der Waals surface area (Å²) in [5.41, 5.74) is 7.55. The normalized spacial score (nSPS) is 10.3. The van der Waals surface area contributed by atoms with Gasteiger partial charge in [-0.15, -0.1) is 12.4 Å². The molecule has 4 nitrogen and oxygen atoms in total. The van der Waals surface area contributed by atoms with Crippen LogP contribution in [-0.2, 0) is 6.42 Å². The van der Waals surface area contributed by atoms with Gasteiger partial charge in [-0.2, -0.15) is 0 Å². The third-order valence-electron chi connectivity index (χ3n) is 4.45. The summed E-state index contributed by atoms with van der Waals surface area (Å²) in [6, 6.07) is 17.5. The van der Waals surface area contributed by atoms with E-state index in [-0.39, 0.29) is 24.0 Å². The molecule has 30 heavy (non-hydrogen) atoms. The molecule has 0 saturated carbocycles. The summed E-state index contributed by atoms with van der Waals surface area (Å²) in [7, 11) is 0. The fourth-order valence-electron chi connectivity index (χ4n) is 2.92. The fraction of sp³-hybridized carbons (Fsp3) is 0.174. The lowest BCUT2D eigenvalue weighted by Crippen LogP contribution is -2.23. The van der Waals surface area contributed by atoms with Crippen molar-refractivity contribution in [2.75, 3.05) is 19.7 Å². The van der Waals surface area contributed by atoms with Gasteiger partial charge in [0.05, 0.1) is 0 Å². The van der Waals surface area contributed by atoms with E-state index in [0.29, 0.717) is 42.1 Å². The molecule has 0 aliphatic rings. The third-order valence-corrected chi connectivity index (χ3v) is 4.45. The van der Waals surface area contributed by atoms with Crippen LogP contribution in [0.5, 0.6) is 5.75 Å². The molecule has 0 atom stereocenters. The number of amides is 1. The van der Waals surface area contributed by atoms with Gasteiger partial charge >= 0.3 is 0 Å². The van der Waals surface area contributed by atoms with E-state index >= 15 is 0 Å². The molecule has 0 aliphatic carbocycles. The minimum absolute atomic E-state index is 0. The first kappa shape index (κ1) is 23.3. The average Bonchev–Trinajstić information content (AvgIpc) is 2.72. The highest BCUT2D eigenvalue weighted by molar-refractivity contribution is 5.93. The van der Waals surface area contributed by atoms with E-state index in [0.717, 1.165) is 12.0 Å². The zero-order valence-electron chi connectivity index (χ0n) is 16.2. The Morgan fingerprint density at radius 3 is 2.43 bits per heavy atom. The Balaban J connectivity index is 0.00000320. The highest BCUT2D eigenvalue weighted by Crippen LogP contribution is 2.27. The lowest BCUT2D eigenvalue weighted by molar-refractivity contribution is 0.100. The van der Waals surface area contributed by atoms with Crippen molar-refractivity contribution in [2.24, 2.45) is 5.73 Å². The summed E-state index contributed by atoms with van der Waals surface area (Å²) in [6.07, 6.45) is 0.722. The molecule has 0 bridgehead atoms. The summed E-state index contributed by atoms with van der Waals surface area (Å²) >= 11 is 0. The van der Waals surface area contributed by atoms with Crippen LogP contribution < -0.4 is 15.8 Å². The second-order valence-corrected chi connectivity index (χ2v) is 6.56. The topological polar surface area (TPSA) is 64.4 Å². The molecule has 0 heterocycles. The van der Waals surface area contributed by atoms with E-state index < -0.39 is 5.91 Å². The second kappa shape index (κ2) is 11.3. The van der Waals surface area contributed by atoms with Gasteiger partial charge in [0.15, 0.2) is 0 Å². The monoisotopic (exact) mass is 432 g/mol. The Kier molecular flexibility index (Phi) is 8.77. The van der Waals surface area contributed by atoms with Crippen molar-refractivity contribution in [1.29, 1.82) is 0 Å². The maximum atomic E-state index is 14.2. The molecule has 0 fully saturated rings. The molecule has 3 aromatic rings. The van der Waals surface area contributed by atoms with Gasteiger partial charge in [-0.1, -0.05) is 24.3 Å². The smallest absolute Gasteiger partial charge is 0.248 e. The van der Waals surface area contributed by atoms with Crippen molar-refractivity contribution in [3.8, 4) is 16.9 Å². The van der Waals surface area contributed by atoms with E-state index in [1.165, 1.54) is 18.2 Å². The van der Waals surface area contributed by atoms with Gasteiger partial charge in [-0.3, -0.25) is 4.79 Å². The van der Waals surface area contributed by atoms with Crippen molar-refractivity contribution in [3.63, 3.8) is 0 Å². The number of hydrogen-bond donors (Lipinski definition) is 2. The van der Waals surface area contributed by atoms with E-state index in [1.807, 2.05) is 6.07 Å². The van der Waals surface area contributed by atoms with E-state index in [9.17, 15) is 13.6 Å². The van der Waals surface area contributed by atoms with E-state index in [4.69, 9.17) is 10.5 Å². The van der Waals surface area contributed by atoms with Crippen molar-refractivity contribution >= 4 is 18.3 Å². The molecule has 0 unspecified atom stereocenters. The maximum Gasteiger partial charge on any atom is 0.248 e.